The Morgan fingerprint density at radius 2 is 2.30 bits per heavy atom. The smallest absolute Gasteiger partial charge is 0.290 e. The molecule has 10 heavy (non-hydrogen) atoms. The molecule has 0 bridgehead atoms. The summed E-state index contributed by atoms with van der Waals surface area (Å²) in [6, 6.07) is 0.425. The van der Waals surface area contributed by atoms with Crippen molar-refractivity contribution >= 4 is 6.47 Å². The first-order chi connectivity index (χ1) is 4.81. The van der Waals surface area contributed by atoms with Crippen LogP contribution in [0.3, 0.4) is 0 Å². The van der Waals surface area contributed by atoms with Crippen LogP contribution in [0.4, 0.5) is 0 Å². The molecule has 1 aliphatic rings. The van der Waals surface area contributed by atoms with Gasteiger partial charge < -0.3 is 16.2 Å². The molecule has 0 saturated carbocycles. The lowest BCUT2D eigenvalue weighted by Gasteiger charge is -2.17. The van der Waals surface area contributed by atoms with Crippen molar-refractivity contribution in [3.8, 4) is 0 Å². The minimum Gasteiger partial charge on any atom is -0.483 e. The molecule has 4 N–H and O–H groups in total. The van der Waals surface area contributed by atoms with Gasteiger partial charge in [-0.25, -0.2) is 0 Å². The summed E-state index contributed by atoms with van der Waals surface area (Å²) < 4.78 is 0. The Hall–Kier alpha value is -0.610. The van der Waals surface area contributed by atoms with Crippen molar-refractivity contribution in [3.63, 3.8) is 0 Å². The molecule has 0 aromatic rings. The second kappa shape index (κ2) is 6.51. The summed E-state index contributed by atoms with van der Waals surface area (Å²) in [7, 11) is 0. The number of nitrogens with two attached hydrogens (primary N) is 1. The summed E-state index contributed by atoms with van der Waals surface area (Å²) in [4.78, 5) is 8.36. The Labute approximate surface area is 60.4 Å². The molecule has 0 aliphatic carbocycles. The van der Waals surface area contributed by atoms with Gasteiger partial charge in [-0.15, -0.1) is 0 Å². The van der Waals surface area contributed by atoms with E-state index < -0.39 is 0 Å². The molecule has 60 valence electrons. The number of hydrogen-bond acceptors (Lipinski definition) is 3. The van der Waals surface area contributed by atoms with Crippen LogP contribution in [0.2, 0.25) is 0 Å². The number of piperidine rings is 1. The van der Waals surface area contributed by atoms with Crippen molar-refractivity contribution in [2.75, 3.05) is 13.1 Å². The standard InChI is InChI=1S/C5H12N2.CH2O2/c6-5-2-1-3-7-4-5;2-1-3/h5,7H,1-4,6H2;1H,(H,2,3)/t5-;/m1./s1. The van der Waals surface area contributed by atoms with Gasteiger partial charge in [0.1, 0.15) is 0 Å². The highest BCUT2D eigenvalue weighted by atomic mass is 16.3. The number of carboxylic acid groups (broad SMARTS) is 1. The fourth-order valence-corrected chi connectivity index (χ4v) is 0.879. The van der Waals surface area contributed by atoms with Crippen molar-refractivity contribution in [2.45, 2.75) is 18.9 Å². The van der Waals surface area contributed by atoms with E-state index in [1.165, 1.54) is 12.8 Å². The molecule has 0 aromatic carbocycles. The number of nitrogens with one attached hydrogen (secondary N) is 1. The van der Waals surface area contributed by atoms with Crippen molar-refractivity contribution in [3.05, 3.63) is 0 Å². The van der Waals surface area contributed by atoms with E-state index in [-0.39, 0.29) is 6.47 Å². The second-order valence-electron chi connectivity index (χ2n) is 2.21. The predicted octanol–water partition coefficient (Wildman–Crippen LogP) is -0.602. The van der Waals surface area contributed by atoms with Gasteiger partial charge in [0.15, 0.2) is 0 Å². The summed E-state index contributed by atoms with van der Waals surface area (Å²) in [6.45, 7) is 1.92. The zero-order valence-corrected chi connectivity index (χ0v) is 5.92. The largest absolute Gasteiger partial charge is 0.483 e. The SMILES string of the molecule is N[C@@H]1CCCNC1.O=CO. The van der Waals surface area contributed by atoms with Crippen LogP contribution in [0, 0.1) is 0 Å². The lowest BCUT2D eigenvalue weighted by atomic mass is 10.1. The average Bonchev–Trinajstić information content (AvgIpc) is 1.91. The van der Waals surface area contributed by atoms with Gasteiger partial charge in [-0.2, -0.15) is 0 Å². The molecule has 1 aliphatic heterocycles. The molecule has 1 heterocycles. The molecule has 1 saturated heterocycles. The third kappa shape index (κ3) is 5.53. The third-order valence-corrected chi connectivity index (χ3v) is 1.33. The first kappa shape index (κ1) is 9.39. The molecule has 1 atom stereocenters. The lowest BCUT2D eigenvalue weighted by Crippen LogP contribution is -2.39. The van der Waals surface area contributed by atoms with E-state index >= 15 is 0 Å². The van der Waals surface area contributed by atoms with Gasteiger partial charge in [0.05, 0.1) is 0 Å². The Morgan fingerprint density at radius 1 is 1.70 bits per heavy atom. The lowest BCUT2D eigenvalue weighted by molar-refractivity contribution is -0.122. The Balaban J connectivity index is 0.000000236. The predicted molar refractivity (Wildman–Crippen MR) is 38.8 cm³/mol. The number of carbonyl (C=O) groups is 1. The highest BCUT2D eigenvalue weighted by Gasteiger charge is 2.05. The minimum absolute atomic E-state index is 0.250. The minimum atomic E-state index is -0.250. The molecule has 0 aromatic heterocycles. The first-order valence-corrected chi connectivity index (χ1v) is 3.35. The normalized spacial score (nSPS) is 24.3. The third-order valence-electron chi connectivity index (χ3n) is 1.33. The Morgan fingerprint density at radius 3 is 2.50 bits per heavy atom. The van der Waals surface area contributed by atoms with Crippen molar-refractivity contribution in [1.29, 1.82) is 0 Å². The molecular weight excluding hydrogens is 132 g/mol. The van der Waals surface area contributed by atoms with Gasteiger partial charge in [-0.3, -0.25) is 4.79 Å². The average molecular weight is 146 g/mol. The zero-order chi connectivity index (χ0) is 7.82. The van der Waals surface area contributed by atoms with E-state index in [1.54, 1.807) is 0 Å². The Kier molecular flexibility index (Phi) is 6.11. The van der Waals surface area contributed by atoms with Crippen molar-refractivity contribution in [1.82, 2.24) is 5.32 Å². The zero-order valence-electron chi connectivity index (χ0n) is 5.92. The van der Waals surface area contributed by atoms with Crippen LogP contribution in [0.25, 0.3) is 0 Å². The van der Waals surface area contributed by atoms with E-state index in [0.717, 1.165) is 13.1 Å². The van der Waals surface area contributed by atoms with Gasteiger partial charge in [0.2, 0.25) is 0 Å². The highest BCUT2D eigenvalue weighted by Crippen LogP contribution is 1.96. The van der Waals surface area contributed by atoms with Crippen LogP contribution >= 0.6 is 0 Å². The molecule has 0 spiro atoms. The van der Waals surface area contributed by atoms with Gasteiger partial charge in [-0.1, -0.05) is 0 Å². The summed E-state index contributed by atoms with van der Waals surface area (Å²) in [5.41, 5.74) is 5.57. The second-order valence-corrected chi connectivity index (χ2v) is 2.21. The maximum Gasteiger partial charge on any atom is 0.290 e. The quantitative estimate of drug-likeness (QED) is 0.399. The summed E-state index contributed by atoms with van der Waals surface area (Å²) >= 11 is 0. The van der Waals surface area contributed by atoms with Gasteiger partial charge in [0, 0.05) is 12.6 Å². The molecule has 1 rings (SSSR count). The van der Waals surface area contributed by atoms with Crippen LogP contribution < -0.4 is 11.1 Å². The van der Waals surface area contributed by atoms with Crippen molar-refractivity contribution < 1.29 is 9.90 Å². The summed E-state index contributed by atoms with van der Waals surface area (Å²) in [6.07, 6.45) is 2.45. The van der Waals surface area contributed by atoms with E-state index in [1.807, 2.05) is 0 Å². The fraction of sp³-hybridized carbons (Fsp3) is 0.833. The molecular formula is C6H14N2O2. The maximum absolute atomic E-state index is 8.36. The van der Waals surface area contributed by atoms with E-state index in [9.17, 15) is 0 Å². The molecule has 4 nitrogen and oxygen atoms in total. The molecule has 1 fully saturated rings. The molecule has 0 radical (unpaired) electrons. The number of hydrogen-bond donors (Lipinski definition) is 3. The van der Waals surface area contributed by atoms with Gasteiger partial charge >= 0.3 is 0 Å². The Bertz CT molecular complexity index is 81.8. The maximum atomic E-state index is 8.36. The summed E-state index contributed by atoms with van der Waals surface area (Å²) in [5, 5.41) is 10.1. The molecule has 0 amide bonds. The van der Waals surface area contributed by atoms with E-state index in [0.29, 0.717) is 6.04 Å². The van der Waals surface area contributed by atoms with Crippen LogP contribution in [-0.2, 0) is 4.79 Å². The van der Waals surface area contributed by atoms with Crippen molar-refractivity contribution in [2.24, 2.45) is 5.73 Å². The topological polar surface area (TPSA) is 75.3 Å². The van der Waals surface area contributed by atoms with Crippen LogP contribution in [-0.4, -0.2) is 30.7 Å². The van der Waals surface area contributed by atoms with Gasteiger partial charge in [0.25, 0.3) is 6.47 Å². The number of rotatable bonds is 0. The van der Waals surface area contributed by atoms with Crippen LogP contribution in [0.15, 0.2) is 0 Å². The monoisotopic (exact) mass is 146 g/mol. The first-order valence-electron chi connectivity index (χ1n) is 3.35. The van der Waals surface area contributed by atoms with E-state index in [4.69, 9.17) is 15.6 Å². The molecule has 0 unspecified atom stereocenters. The fourth-order valence-electron chi connectivity index (χ4n) is 0.879. The molecule has 4 heteroatoms. The highest BCUT2D eigenvalue weighted by molar-refractivity contribution is 5.32. The summed E-state index contributed by atoms with van der Waals surface area (Å²) in [5.74, 6) is 0. The van der Waals surface area contributed by atoms with E-state index in [2.05, 4.69) is 5.32 Å². The van der Waals surface area contributed by atoms with Gasteiger partial charge in [-0.05, 0) is 19.4 Å². The van der Waals surface area contributed by atoms with Crippen LogP contribution in [0.5, 0.6) is 0 Å². The van der Waals surface area contributed by atoms with Crippen LogP contribution in [0.1, 0.15) is 12.8 Å².